The van der Waals surface area contributed by atoms with Gasteiger partial charge in [-0.15, -0.1) is 0 Å². The van der Waals surface area contributed by atoms with Gasteiger partial charge >= 0.3 is 0 Å². The Morgan fingerprint density at radius 3 is 2.81 bits per heavy atom. The molecule has 1 atom stereocenters. The van der Waals surface area contributed by atoms with Crippen LogP contribution in [0.15, 0.2) is 18.2 Å². The van der Waals surface area contributed by atoms with Gasteiger partial charge in [0.25, 0.3) is 0 Å². The summed E-state index contributed by atoms with van der Waals surface area (Å²) in [5, 5.41) is 2.56. The van der Waals surface area contributed by atoms with E-state index in [1.807, 2.05) is 0 Å². The third-order valence-corrected chi connectivity index (χ3v) is 3.65. The molecule has 2 amide bonds. The number of amides is 2. The first kappa shape index (κ1) is 15.5. The predicted octanol–water partition coefficient (Wildman–Crippen LogP) is 0.878. The third-order valence-electron chi connectivity index (χ3n) is 3.36. The zero-order chi connectivity index (χ0) is 15.6. The average molecular weight is 311 g/mol. The minimum Gasteiger partial charge on any atom is -0.495 e. The summed E-state index contributed by atoms with van der Waals surface area (Å²) >= 11 is 5.98. The number of benzene rings is 1. The van der Waals surface area contributed by atoms with Crippen LogP contribution in [0.5, 0.6) is 5.75 Å². The molecule has 0 radical (unpaired) electrons. The van der Waals surface area contributed by atoms with E-state index in [0.29, 0.717) is 16.3 Å². The number of methoxy groups -OCH3 is 1. The van der Waals surface area contributed by atoms with Crippen LogP contribution in [0, 0.1) is 0 Å². The van der Waals surface area contributed by atoms with Crippen LogP contribution in [0.25, 0.3) is 0 Å². The summed E-state index contributed by atoms with van der Waals surface area (Å²) in [5.74, 6) is -0.534. The Morgan fingerprint density at radius 2 is 2.19 bits per heavy atom. The molecule has 21 heavy (non-hydrogen) atoms. The van der Waals surface area contributed by atoms with Crippen LogP contribution >= 0.6 is 11.6 Å². The lowest BCUT2D eigenvalue weighted by molar-refractivity contribution is -0.139. The first-order valence-electron chi connectivity index (χ1n) is 6.37. The molecule has 0 bridgehead atoms. The molecule has 1 heterocycles. The first-order valence-corrected chi connectivity index (χ1v) is 6.74. The number of halogens is 1. The topological polar surface area (TPSA) is 75.7 Å². The van der Waals surface area contributed by atoms with Crippen LogP contribution in [0.4, 0.5) is 0 Å². The largest absolute Gasteiger partial charge is 0.495 e. The molecule has 0 aliphatic carbocycles. The second-order valence-corrected chi connectivity index (χ2v) is 5.17. The van der Waals surface area contributed by atoms with Crippen molar-refractivity contribution in [2.75, 3.05) is 20.2 Å². The van der Waals surface area contributed by atoms with Gasteiger partial charge in [0.1, 0.15) is 5.75 Å². The van der Waals surface area contributed by atoms with Gasteiger partial charge in [0.05, 0.1) is 31.3 Å². The van der Waals surface area contributed by atoms with Gasteiger partial charge in [-0.3, -0.25) is 24.6 Å². The van der Waals surface area contributed by atoms with Gasteiger partial charge in [-0.25, -0.2) is 0 Å². The van der Waals surface area contributed by atoms with Gasteiger partial charge in [0, 0.05) is 5.56 Å². The second-order valence-electron chi connectivity index (χ2n) is 4.77. The Bertz CT molecular complexity index is 603. The zero-order valence-corrected chi connectivity index (χ0v) is 12.4. The van der Waals surface area contributed by atoms with Crippen LogP contribution in [0.3, 0.4) is 0 Å². The summed E-state index contributed by atoms with van der Waals surface area (Å²) in [7, 11) is 1.49. The Kier molecular flexibility index (Phi) is 4.59. The van der Waals surface area contributed by atoms with Gasteiger partial charge in [0.15, 0.2) is 5.78 Å². The maximum absolute atomic E-state index is 12.2. The van der Waals surface area contributed by atoms with Crippen molar-refractivity contribution in [2.24, 2.45) is 0 Å². The number of hydrogen-bond donors (Lipinski definition) is 1. The summed E-state index contributed by atoms with van der Waals surface area (Å²) in [4.78, 5) is 36.7. The van der Waals surface area contributed by atoms with E-state index in [9.17, 15) is 14.4 Å². The number of nitrogens with zero attached hydrogens (tertiary/aromatic N) is 1. The highest BCUT2D eigenvalue weighted by molar-refractivity contribution is 6.32. The highest BCUT2D eigenvalue weighted by Crippen LogP contribution is 2.25. The molecule has 112 valence electrons. The van der Waals surface area contributed by atoms with E-state index in [-0.39, 0.29) is 18.9 Å². The van der Waals surface area contributed by atoms with Crippen LogP contribution in [0.1, 0.15) is 17.3 Å². The van der Waals surface area contributed by atoms with E-state index in [2.05, 4.69) is 5.32 Å². The molecular weight excluding hydrogens is 296 g/mol. The molecule has 6 nitrogen and oxygen atoms in total. The van der Waals surface area contributed by atoms with Gasteiger partial charge in [-0.1, -0.05) is 11.6 Å². The van der Waals surface area contributed by atoms with Gasteiger partial charge in [-0.2, -0.15) is 0 Å². The lowest BCUT2D eigenvalue weighted by atomic mass is 10.1. The molecule has 1 aliphatic rings. The molecule has 7 heteroatoms. The molecule has 0 saturated carbocycles. The van der Waals surface area contributed by atoms with E-state index < -0.39 is 17.9 Å². The molecule has 1 unspecified atom stereocenters. The number of hydrogen-bond acceptors (Lipinski definition) is 5. The smallest absolute Gasteiger partial charge is 0.243 e. The number of rotatable bonds is 4. The van der Waals surface area contributed by atoms with Crippen LogP contribution < -0.4 is 10.1 Å². The third kappa shape index (κ3) is 3.40. The van der Waals surface area contributed by atoms with Crippen molar-refractivity contribution in [3.8, 4) is 5.75 Å². The molecule has 0 aromatic heterocycles. The standard InChI is InChI=1S/C14H15ClN2O4/c1-8-14(20)16-13(19)7-17(8)6-11(18)9-3-4-12(21-2)10(15)5-9/h3-5,8H,6-7H2,1-2H3,(H,16,19,20). The Morgan fingerprint density at radius 1 is 1.48 bits per heavy atom. The van der Waals surface area contributed by atoms with Crippen molar-refractivity contribution in [2.45, 2.75) is 13.0 Å². The van der Waals surface area contributed by atoms with Crippen LogP contribution in [-0.2, 0) is 9.59 Å². The van der Waals surface area contributed by atoms with Crippen molar-refractivity contribution >= 4 is 29.2 Å². The lowest BCUT2D eigenvalue weighted by Crippen LogP contribution is -2.57. The number of imide groups is 1. The summed E-state index contributed by atoms with van der Waals surface area (Å²) in [5.41, 5.74) is 0.409. The van der Waals surface area contributed by atoms with Crippen molar-refractivity contribution < 1.29 is 19.1 Å². The fourth-order valence-corrected chi connectivity index (χ4v) is 2.33. The van der Waals surface area contributed by atoms with E-state index in [1.54, 1.807) is 19.1 Å². The molecule has 2 rings (SSSR count). The molecule has 1 saturated heterocycles. The number of piperazine rings is 1. The first-order chi connectivity index (χ1) is 9.92. The van der Waals surface area contributed by atoms with E-state index in [0.717, 1.165) is 0 Å². The highest BCUT2D eigenvalue weighted by atomic mass is 35.5. The highest BCUT2D eigenvalue weighted by Gasteiger charge is 2.31. The molecule has 1 fully saturated rings. The van der Waals surface area contributed by atoms with Gasteiger partial charge in [0.2, 0.25) is 11.8 Å². The lowest BCUT2D eigenvalue weighted by Gasteiger charge is -2.30. The number of ketones is 1. The van der Waals surface area contributed by atoms with Gasteiger partial charge < -0.3 is 4.74 Å². The van der Waals surface area contributed by atoms with Gasteiger partial charge in [-0.05, 0) is 25.1 Å². The van der Waals surface area contributed by atoms with E-state index in [1.165, 1.54) is 18.1 Å². The molecule has 1 aromatic carbocycles. The minimum absolute atomic E-state index is 0.0164. The van der Waals surface area contributed by atoms with Crippen molar-refractivity contribution in [1.82, 2.24) is 10.2 Å². The second kappa shape index (κ2) is 6.24. The number of nitrogens with one attached hydrogen (secondary N) is 1. The summed E-state index contributed by atoms with van der Waals surface area (Å²) in [6.45, 7) is 1.64. The monoisotopic (exact) mass is 310 g/mol. The average Bonchev–Trinajstić information content (AvgIpc) is 2.44. The quantitative estimate of drug-likeness (QED) is 0.660. The predicted molar refractivity (Wildman–Crippen MR) is 76.5 cm³/mol. The Hall–Kier alpha value is -1.92. The maximum atomic E-state index is 12.2. The molecule has 1 aliphatic heterocycles. The number of carbonyl (C=O) groups excluding carboxylic acids is 3. The fourth-order valence-electron chi connectivity index (χ4n) is 2.08. The van der Waals surface area contributed by atoms with E-state index >= 15 is 0 Å². The molecular formula is C14H15ClN2O4. The minimum atomic E-state index is -0.527. The number of ether oxygens (including phenoxy) is 1. The van der Waals surface area contributed by atoms with Crippen molar-refractivity contribution in [1.29, 1.82) is 0 Å². The number of Topliss-reactive ketones (excluding diaryl/α,β-unsaturated/α-hetero) is 1. The zero-order valence-electron chi connectivity index (χ0n) is 11.7. The molecule has 0 spiro atoms. The van der Waals surface area contributed by atoms with Crippen LogP contribution in [-0.4, -0.2) is 48.7 Å². The summed E-state index contributed by atoms with van der Waals surface area (Å²) in [6, 6.07) is 4.19. The van der Waals surface area contributed by atoms with Crippen LogP contribution in [0.2, 0.25) is 5.02 Å². The summed E-state index contributed by atoms with van der Waals surface area (Å²) < 4.78 is 5.02. The Balaban J connectivity index is 2.12. The summed E-state index contributed by atoms with van der Waals surface area (Å²) in [6.07, 6.45) is 0. The molecule has 1 N–H and O–H groups in total. The van der Waals surface area contributed by atoms with Crippen molar-refractivity contribution in [3.05, 3.63) is 28.8 Å². The van der Waals surface area contributed by atoms with Crippen molar-refractivity contribution in [3.63, 3.8) is 0 Å². The number of carbonyl (C=O) groups is 3. The SMILES string of the molecule is COc1ccc(C(=O)CN2CC(=O)NC(=O)C2C)cc1Cl. The maximum Gasteiger partial charge on any atom is 0.243 e. The van der Waals surface area contributed by atoms with E-state index in [4.69, 9.17) is 16.3 Å². The normalized spacial score (nSPS) is 19.3. The Labute approximate surface area is 127 Å². The fraction of sp³-hybridized carbons (Fsp3) is 0.357. The molecule has 1 aromatic rings.